The Morgan fingerprint density at radius 3 is 2.88 bits per heavy atom. The highest BCUT2D eigenvalue weighted by atomic mass is 16.4. The van der Waals surface area contributed by atoms with Gasteiger partial charge in [0, 0.05) is 12.0 Å². The molecule has 0 radical (unpaired) electrons. The molecule has 0 fully saturated rings. The second-order valence-electron chi connectivity index (χ2n) is 7.13. The predicted octanol–water partition coefficient (Wildman–Crippen LogP) is 5.14. The number of aliphatic carboxylic acids is 1. The SMILES string of the molecule is CC1=C(C=CC#Cc2cccc(CCC(=O)O)c2)C(C)(C)CCC1. The van der Waals surface area contributed by atoms with Crippen molar-refractivity contribution in [1.82, 2.24) is 0 Å². The first-order chi connectivity index (χ1) is 11.4. The number of carbonyl (C=O) groups is 1. The van der Waals surface area contributed by atoms with Crippen molar-refractivity contribution in [3.63, 3.8) is 0 Å². The van der Waals surface area contributed by atoms with Crippen LogP contribution in [0.4, 0.5) is 0 Å². The highest BCUT2D eigenvalue weighted by Gasteiger charge is 2.26. The lowest BCUT2D eigenvalue weighted by Crippen LogP contribution is -2.18. The molecule has 0 amide bonds. The van der Waals surface area contributed by atoms with Crippen LogP contribution in [-0.2, 0) is 11.2 Å². The van der Waals surface area contributed by atoms with Crippen LogP contribution in [0, 0.1) is 17.3 Å². The second kappa shape index (κ2) is 8.02. The quantitative estimate of drug-likeness (QED) is 0.779. The molecule has 2 rings (SSSR count). The second-order valence-corrected chi connectivity index (χ2v) is 7.13. The average molecular weight is 322 g/mol. The lowest BCUT2D eigenvalue weighted by Gasteiger charge is -2.32. The molecule has 0 saturated carbocycles. The largest absolute Gasteiger partial charge is 0.481 e. The van der Waals surface area contributed by atoms with E-state index in [-0.39, 0.29) is 11.8 Å². The zero-order valence-electron chi connectivity index (χ0n) is 14.9. The fourth-order valence-electron chi connectivity index (χ4n) is 3.32. The molecule has 0 heterocycles. The lowest BCUT2D eigenvalue weighted by atomic mass is 9.73. The maximum absolute atomic E-state index is 10.7. The Kier molecular flexibility index (Phi) is 6.04. The summed E-state index contributed by atoms with van der Waals surface area (Å²) in [6, 6.07) is 7.81. The van der Waals surface area contributed by atoms with Crippen molar-refractivity contribution in [3.8, 4) is 11.8 Å². The number of hydrogen-bond acceptors (Lipinski definition) is 1. The van der Waals surface area contributed by atoms with Gasteiger partial charge in [-0.15, -0.1) is 0 Å². The van der Waals surface area contributed by atoms with Crippen molar-refractivity contribution in [2.75, 3.05) is 0 Å². The highest BCUT2D eigenvalue weighted by molar-refractivity contribution is 5.67. The summed E-state index contributed by atoms with van der Waals surface area (Å²) in [4.78, 5) is 10.7. The Hall–Kier alpha value is -2.27. The van der Waals surface area contributed by atoms with Gasteiger partial charge < -0.3 is 5.11 Å². The van der Waals surface area contributed by atoms with Crippen molar-refractivity contribution in [2.45, 2.75) is 52.9 Å². The van der Waals surface area contributed by atoms with Gasteiger partial charge in [-0.3, -0.25) is 4.79 Å². The summed E-state index contributed by atoms with van der Waals surface area (Å²) < 4.78 is 0. The summed E-state index contributed by atoms with van der Waals surface area (Å²) in [7, 11) is 0. The van der Waals surface area contributed by atoms with Crippen LogP contribution in [0.2, 0.25) is 0 Å². The molecule has 2 heteroatoms. The van der Waals surface area contributed by atoms with E-state index in [1.807, 2.05) is 30.3 Å². The van der Waals surface area contributed by atoms with Crippen molar-refractivity contribution in [3.05, 3.63) is 58.7 Å². The molecule has 0 atom stereocenters. The topological polar surface area (TPSA) is 37.3 Å². The summed E-state index contributed by atoms with van der Waals surface area (Å²) in [6.07, 6.45) is 8.47. The molecule has 1 aliphatic carbocycles. The standard InChI is InChI=1S/C22H26O2/c1-17-8-7-15-22(2,3)20(17)12-5-4-9-18-10-6-11-19(16-18)13-14-21(23)24/h5-6,10-12,16H,7-8,13-15H2,1-3H3,(H,23,24). The number of aryl methyl sites for hydroxylation is 1. The van der Waals surface area contributed by atoms with Gasteiger partial charge in [-0.25, -0.2) is 0 Å². The van der Waals surface area contributed by atoms with Crippen molar-refractivity contribution in [2.24, 2.45) is 5.41 Å². The van der Waals surface area contributed by atoms with Crippen LogP contribution in [0.5, 0.6) is 0 Å². The summed E-state index contributed by atoms with van der Waals surface area (Å²) in [5.74, 6) is 5.50. The molecule has 0 unspecified atom stereocenters. The highest BCUT2D eigenvalue weighted by Crippen LogP contribution is 2.40. The van der Waals surface area contributed by atoms with E-state index in [0.29, 0.717) is 6.42 Å². The minimum Gasteiger partial charge on any atom is -0.481 e. The number of carboxylic acid groups (broad SMARTS) is 1. The van der Waals surface area contributed by atoms with Gasteiger partial charge in [-0.05, 0) is 67.4 Å². The number of rotatable bonds is 4. The van der Waals surface area contributed by atoms with Gasteiger partial charge in [0.2, 0.25) is 0 Å². The van der Waals surface area contributed by atoms with Crippen LogP contribution in [0.25, 0.3) is 0 Å². The monoisotopic (exact) mass is 322 g/mol. The maximum Gasteiger partial charge on any atom is 0.303 e. The summed E-state index contributed by atoms with van der Waals surface area (Å²) in [5.41, 5.74) is 5.06. The molecule has 0 bridgehead atoms. The van der Waals surface area contributed by atoms with Crippen LogP contribution in [0.15, 0.2) is 47.6 Å². The maximum atomic E-state index is 10.7. The molecular weight excluding hydrogens is 296 g/mol. The van der Waals surface area contributed by atoms with E-state index in [2.05, 4.69) is 38.7 Å². The minimum absolute atomic E-state index is 0.152. The Labute approximate surface area is 145 Å². The molecule has 2 nitrogen and oxygen atoms in total. The number of carboxylic acids is 1. The molecule has 1 aliphatic rings. The predicted molar refractivity (Wildman–Crippen MR) is 98.7 cm³/mol. The molecule has 0 saturated heterocycles. The minimum atomic E-state index is -0.770. The fourth-order valence-corrected chi connectivity index (χ4v) is 3.32. The van der Waals surface area contributed by atoms with Crippen molar-refractivity contribution < 1.29 is 9.90 Å². The van der Waals surface area contributed by atoms with Crippen LogP contribution in [-0.4, -0.2) is 11.1 Å². The van der Waals surface area contributed by atoms with Gasteiger partial charge in [0.25, 0.3) is 0 Å². The molecule has 1 aromatic rings. The van der Waals surface area contributed by atoms with E-state index in [9.17, 15) is 4.79 Å². The van der Waals surface area contributed by atoms with E-state index >= 15 is 0 Å². The molecule has 1 N–H and O–H groups in total. The van der Waals surface area contributed by atoms with Gasteiger partial charge >= 0.3 is 5.97 Å². The van der Waals surface area contributed by atoms with Gasteiger partial charge in [-0.1, -0.05) is 49.5 Å². The fraction of sp³-hybridized carbons (Fsp3) is 0.409. The van der Waals surface area contributed by atoms with E-state index in [1.165, 1.54) is 30.4 Å². The van der Waals surface area contributed by atoms with Gasteiger partial charge in [0.05, 0.1) is 0 Å². The van der Waals surface area contributed by atoms with Gasteiger partial charge in [-0.2, -0.15) is 0 Å². The molecule has 0 aromatic heterocycles. The normalized spacial score (nSPS) is 16.8. The van der Waals surface area contributed by atoms with Gasteiger partial charge in [0.1, 0.15) is 0 Å². The molecule has 0 spiro atoms. The molecule has 24 heavy (non-hydrogen) atoms. The Morgan fingerprint density at radius 2 is 2.17 bits per heavy atom. The first-order valence-corrected chi connectivity index (χ1v) is 8.57. The van der Waals surface area contributed by atoms with Crippen LogP contribution in [0.3, 0.4) is 0 Å². The first kappa shape index (κ1) is 18.1. The number of allylic oxidation sites excluding steroid dienone is 4. The Bertz CT molecular complexity index is 724. The Morgan fingerprint density at radius 1 is 1.38 bits per heavy atom. The zero-order chi connectivity index (χ0) is 17.6. The van der Waals surface area contributed by atoms with Crippen molar-refractivity contribution in [1.29, 1.82) is 0 Å². The van der Waals surface area contributed by atoms with E-state index in [1.54, 1.807) is 0 Å². The van der Waals surface area contributed by atoms with E-state index in [0.717, 1.165) is 11.1 Å². The first-order valence-electron chi connectivity index (χ1n) is 8.57. The molecule has 0 aliphatic heterocycles. The van der Waals surface area contributed by atoms with Crippen molar-refractivity contribution >= 4 is 5.97 Å². The van der Waals surface area contributed by atoms with Crippen LogP contribution in [0.1, 0.15) is 57.6 Å². The third-order valence-corrected chi connectivity index (χ3v) is 4.65. The molecular formula is C22H26O2. The zero-order valence-corrected chi connectivity index (χ0v) is 14.9. The van der Waals surface area contributed by atoms with E-state index < -0.39 is 5.97 Å². The summed E-state index contributed by atoms with van der Waals surface area (Å²) in [6.45, 7) is 6.82. The van der Waals surface area contributed by atoms with E-state index in [4.69, 9.17) is 5.11 Å². The third-order valence-electron chi connectivity index (χ3n) is 4.65. The van der Waals surface area contributed by atoms with Gasteiger partial charge in [0.15, 0.2) is 0 Å². The van der Waals surface area contributed by atoms with Crippen LogP contribution < -0.4 is 0 Å². The van der Waals surface area contributed by atoms with Crippen LogP contribution >= 0.6 is 0 Å². The number of benzene rings is 1. The molecule has 126 valence electrons. The lowest BCUT2D eigenvalue weighted by molar-refractivity contribution is -0.136. The summed E-state index contributed by atoms with van der Waals surface area (Å²) in [5, 5.41) is 8.76. The smallest absolute Gasteiger partial charge is 0.303 e. The summed E-state index contributed by atoms with van der Waals surface area (Å²) >= 11 is 0. The average Bonchev–Trinajstić information content (AvgIpc) is 2.51. The molecule has 1 aromatic carbocycles. The number of hydrogen-bond donors (Lipinski definition) is 1. The Balaban J connectivity index is 2.08. The third kappa shape index (κ3) is 5.13.